The van der Waals surface area contributed by atoms with Gasteiger partial charge in [-0.25, -0.2) is 4.79 Å². The van der Waals surface area contributed by atoms with Crippen molar-refractivity contribution in [3.63, 3.8) is 0 Å². The van der Waals surface area contributed by atoms with E-state index in [9.17, 15) is 4.79 Å². The Labute approximate surface area is 141 Å². The van der Waals surface area contributed by atoms with Gasteiger partial charge in [0.15, 0.2) is 6.61 Å². The minimum absolute atomic E-state index is 0.0650. The van der Waals surface area contributed by atoms with Gasteiger partial charge in [0, 0.05) is 0 Å². The van der Waals surface area contributed by atoms with Crippen LogP contribution in [-0.4, -0.2) is 18.2 Å². The predicted molar refractivity (Wildman–Crippen MR) is 95.2 cm³/mol. The van der Waals surface area contributed by atoms with Crippen LogP contribution in [0.25, 0.3) is 0 Å². The van der Waals surface area contributed by atoms with Crippen LogP contribution in [0, 0.1) is 0 Å². The van der Waals surface area contributed by atoms with Gasteiger partial charge in [0.2, 0.25) is 0 Å². The van der Waals surface area contributed by atoms with E-state index < -0.39 is 5.60 Å². The first-order chi connectivity index (χ1) is 10.2. The highest BCUT2D eigenvalue weighted by Gasteiger charge is 2.24. The SMILES string of the molecule is CC(C)(C)OC(=O)COc1ccc(C(C)(C)C)cc1C(C)(C)C. The molecule has 0 heterocycles. The molecule has 0 atom stereocenters. The van der Waals surface area contributed by atoms with Crippen molar-refractivity contribution >= 4 is 5.97 Å². The molecule has 3 heteroatoms. The van der Waals surface area contributed by atoms with E-state index in [0.717, 1.165) is 11.3 Å². The molecule has 1 rings (SSSR count). The molecule has 3 nitrogen and oxygen atoms in total. The number of carbonyl (C=O) groups excluding carboxylic acids is 1. The van der Waals surface area contributed by atoms with Crippen molar-refractivity contribution in [2.75, 3.05) is 6.61 Å². The van der Waals surface area contributed by atoms with E-state index >= 15 is 0 Å². The second-order valence-electron chi connectivity index (χ2n) is 9.09. The Morgan fingerprint density at radius 1 is 0.913 bits per heavy atom. The average Bonchev–Trinajstić information content (AvgIpc) is 2.31. The Hall–Kier alpha value is -1.51. The number of ether oxygens (including phenoxy) is 2. The van der Waals surface area contributed by atoms with E-state index in [1.54, 1.807) is 0 Å². The van der Waals surface area contributed by atoms with E-state index in [0.29, 0.717) is 0 Å². The fraction of sp³-hybridized carbons (Fsp3) is 0.650. The highest BCUT2D eigenvalue weighted by atomic mass is 16.6. The van der Waals surface area contributed by atoms with Crippen molar-refractivity contribution in [2.45, 2.75) is 78.7 Å². The second-order valence-corrected chi connectivity index (χ2v) is 9.09. The third-order valence-corrected chi connectivity index (χ3v) is 3.42. The zero-order chi connectivity index (χ0) is 18.1. The lowest BCUT2D eigenvalue weighted by atomic mass is 9.80. The topological polar surface area (TPSA) is 35.5 Å². The molecule has 0 saturated heterocycles. The monoisotopic (exact) mass is 320 g/mol. The molecule has 1 aromatic carbocycles. The summed E-state index contributed by atoms with van der Waals surface area (Å²) in [6.45, 7) is 18.5. The molecule has 0 N–H and O–H groups in total. The highest BCUT2D eigenvalue weighted by molar-refractivity contribution is 5.71. The van der Waals surface area contributed by atoms with Crippen LogP contribution in [0.4, 0.5) is 0 Å². The van der Waals surface area contributed by atoms with Gasteiger partial charge >= 0.3 is 5.97 Å². The molecule has 0 aliphatic carbocycles. The maximum Gasteiger partial charge on any atom is 0.344 e. The molecule has 1 aromatic rings. The molecule has 0 saturated carbocycles. The first-order valence-corrected chi connectivity index (χ1v) is 8.20. The van der Waals surface area contributed by atoms with Crippen LogP contribution in [0.15, 0.2) is 18.2 Å². The molecule has 23 heavy (non-hydrogen) atoms. The third kappa shape index (κ3) is 6.25. The highest BCUT2D eigenvalue weighted by Crippen LogP contribution is 2.35. The Morgan fingerprint density at radius 3 is 1.91 bits per heavy atom. The smallest absolute Gasteiger partial charge is 0.344 e. The van der Waals surface area contributed by atoms with Crippen molar-refractivity contribution in [3.05, 3.63) is 29.3 Å². The largest absolute Gasteiger partial charge is 0.482 e. The Balaban J connectivity index is 3.01. The molecule has 0 bridgehead atoms. The van der Waals surface area contributed by atoms with Crippen LogP contribution in [0.1, 0.15) is 73.4 Å². The van der Waals surface area contributed by atoms with Gasteiger partial charge in [-0.1, -0.05) is 53.7 Å². The van der Waals surface area contributed by atoms with Gasteiger partial charge in [-0.05, 0) is 48.8 Å². The first-order valence-electron chi connectivity index (χ1n) is 8.20. The van der Waals surface area contributed by atoms with E-state index in [1.807, 2.05) is 26.8 Å². The number of esters is 1. The van der Waals surface area contributed by atoms with Crippen molar-refractivity contribution in [1.82, 2.24) is 0 Å². The summed E-state index contributed by atoms with van der Waals surface area (Å²) in [5.41, 5.74) is 1.87. The fourth-order valence-electron chi connectivity index (χ4n) is 2.22. The van der Waals surface area contributed by atoms with Crippen molar-refractivity contribution < 1.29 is 14.3 Å². The normalized spacial score (nSPS) is 12.9. The number of hydrogen-bond donors (Lipinski definition) is 0. The summed E-state index contributed by atoms with van der Waals surface area (Å²) in [4.78, 5) is 11.9. The summed E-state index contributed by atoms with van der Waals surface area (Å²) >= 11 is 0. The third-order valence-electron chi connectivity index (χ3n) is 3.42. The Morgan fingerprint density at radius 2 is 1.48 bits per heavy atom. The van der Waals surface area contributed by atoms with E-state index in [4.69, 9.17) is 9.47 Å². The number of hydrogen-bond acceptors (Lipinski definition) is 3. The first kappa shape index (κ1) is 19.5. The molecule has 0 fully saturated rings. The quantitative estimate of drug-likeness (QED) is 0.735. The molecule has 0 spiro atoms. The lowest BCUT2D eigenvalue weighted by molar-refractivity contribution is -0.157. The maximum atomic E-state index is 11.9. The summed E-state index contributed by atoms with van der Waals surface area (Å²) in [6, 6.07) is 6.22. The molecule has 0 aliphatic heterocycles. The minimum Gasteiger partial charge on any atom is -0.482 e. The van der Waals surface area contributed by atoms with Crippen LogP contribution >= 0.6 is 0 Å². The zero-order valence-corrected chi connectivity index (χ0v) is 16.2. The molecule has 0 radical (unpaired) electrons. The number of benzene rings is 1. The fourth-order valence-corrected chi connectivity index (χ4v) is 2.22. The van der Waals surface area contributed by atoms with Gasteiger partial charge in [0.1, 0.15) is 11.4 Å². The van der Waals surface area contributed by atoms with Crippen LogP contribution in [0.3, 0.4) is 0 Å². The summed E-state index contributed by atoms with van der Waals surface area (Å²) in [5, 5.41) is 0. The lowest BCUT2D eigenvalue weighted by Gasteiger charge is -2.27. The minimum atomic E-state index is -0.497. The van der Waals surface area contributed by atoms with E-state index in [1.165, 1.54) is 5.56 Å². The van der Waals surface area contributed by atoms with Gasteiger partial charge in [0.25, 0.3) is 0 Å². The van der Waals surface area contributed by atoms with Crippen molar-refractivity contribution in [2.24, 2.45) is 0 Å². The van der Waals surface area contributed by atoms with Crippen LogP contribution in [0.5, 0.6) is 5.75 Å². The predicted octanol–water partition coefficient (Wildman–Crippen LogP) is 5.00. The van der Waals surface area contributed by atoms with Crippen LogP contribution < -0.4 is 4.74 Å². The van der Waals surface area contributed by atoms with Crippen LogP contribution in [0.2, 0.25) is 0 Å². The van der Waals surface area contributed by atoms with Gasteiger partial charge in [-0.3, -0.25) is 0 Å². The summed E-state index contributed by atoms with van der Waals surface area (Å²) < 4.78 is 11.1. The molecule has 0 aromatic heterocycles. The molecule has 130 valence electrons. The molecule has 0 unspecified atom stereocenters. The van der Waals surface area contributed by atoms with Crippen LogP contribution in [-0.2, 0) is 20.4 Å². The van der Waals surface area contributed by atoms with Crippen molar-refractivity contribution in [1.29, 1.82) is 0 Å². The molecule has 0 amide bonds. The van der Waals surface area contributed by atoms with Gasteiger partial charge in [-0.2, -0.15) is 0 Å². The zero-order valence-electron chi connectivity index (χ0n) is 16.2. The molecular weight excluding hydrogens is 288 g/mol. The van der Waals surface area contributed by atoms with Gasteiger partial charge < -0.3 is 9.47 Å². The second kappa shape index (κ2) is 6.54. The average molecular weight is 320 g/mol. The number of rotatable bonds is 3. The van der Waals surface area contributed by atoms with Gasteiger partial charge in [0.05, 0.1) is 0 Å². The molecular formula is C20H32O3. The van der Waals surface area contributed by atoms with Gasteiger partial charge in [-0.15, -0.1) is 0 Å². The molecule has 0 aliphatic rings. The summed E-state index contributed by atoms with van der Waals surface area (Å²) in [5.74, 6) is 0.397. The van der Waals surface area contributed by atoms with Crippen molar-refractivity contribution in [3.8, 4) is 5.75 Å². The summed E-state index contributed by atoms with van der Waals surface area (Å²) in [7, 11) is 0. The standard InChI is InChI=1S/C20H32O3/c1-18(2,3)14-10-11-16(15(12-14)19(4,5)6)22-13-17(21)23-20(7,8)9/h10-12H,13H2,1-9H3. The summed E-state index contributed by atoms with van der Waals surface area (Å²) in [6.07, 6.45) is 0. The van der Waals surface area contributed by atoms with E-state index in [2.05, 4.69) is 53.7 Å². The maximum absolute atomic E-state index is 11.9. The lowest BCUT2D eigenvalue weighted by Crippen LogP contribution is -2.28. The number of carbonyl (C=O) groups is 1. The van der Waals surface area contributed by atoms with E-state index in [-0.39, 0.29) is 23.4 Å². The Bertz CT molecular complexity index is 552. The Kier molecular flexibility index (Phi) is 5.56.